The van der Waals surface area contributed by atoms with E-state index in [-0.39, 0.29) is 11.6 Å². The van der Waals surface area contributed by atoms with E-state index in [0.29, 0.717) is 11.1 Å². The monoisotopic (exact) mass is 338 g/mol. The summed E-state index contributed by atoms with van der Waals surface area (Å²) in [5, 5.41) is 0. The van der Waals surface area contributed by atoms with Gasteiger partial charge in [0.25, 0.3) is 0 Å². The molecule has 0 aliphatic heterocycles. The molecule has 0 unspecified atom stereocenters. The summed E-state index contributed by atoms with van der Waals surface area (Å²) in [6, 6.07) is 26.0. The lowest BCUT2D eigenvalue weighted by atomic mass is 10.0. The van der Waals surface area contributed by atoms with Crippen LogP contribution in [-0.4, -0.2) is 11.6 Å². The molecule has 0 aliphatic carbocycles. The molecule has 26 heavy (non-hydrogen) atoms. The van der Waals surface area contributed by atoms with Crippen molar-refractivity contribution in [1.82, 2.24) is 0 Å². The van der Waals surface area contributed by atoms with Crippen LogP contribution in [0.3, 0.4) is 0 Å². The minimum absolute atomic E-state index is 0.129. The zero-order chi connectivity index (χ0) is 18.2. The number of benzene rings is 3. The molecule has 0 saturated heterocycles. The molecule has 2 heteroatoms. The first-order valence-corrected chi connectivity index (χ1v) is 8.37. The van der Waals surface area contributed by atoms with Gasteiger partial charge >= 0.3 is 0 Å². The Labute approximate surface area is 153 Å². The Hall–Kier alpha value is -3.52. The Morgan fingerprint density at radius 2 is 0.962 bits per heavy atom. The quantitative estimate of drug-likeness (QED) is 0.440. The zero-order valence-corrected chi connectivity index (χ0v) is 14.2. The van der Waals surface area contributed by atoms with Crippen LogP contribution in [0.2, 0.25) is 0 Å². The third-order valence-electron chi connectivity index (χ3n) is 3.89. The van der Waals surface area contributed by atoms with Crippen molar-refractivity contribution in [2.24, 2.45) is 0 Å². The fourth-order valence-electron chi connectivity index (χ4n) is 2.49. The second-order valence-corrected chi connectivity index (χ2v) is 5.80. The van der Waals surface area contributed by atoms with Crippen molar-refractivity contribution >= 4 is 23.7 Å². The first-order valence-electron chi connectivity index (χ1n) is 8.37. The Balaban J connectivity index is 1.73. The number of carbonyl (C=O) groups is 2. The maximum Gasteiger partial charge on any atom is 0.185 e. The molecule has 3 rings (SSSR count). The highest BCUT2D eigenvalue weighted by Gasteiger charge is 2.07. The summed E-state index contributed by atoms with van der Waals surface area (Å²) in [6.45, 7) is 0. The molecule has 0 heterocycles. The first kappa shape index (κ1) is 17.3. The van der Waals surface area contributed by atoms with E-state index in [1.54, 1.807) is 36.4 Å². The van der Waals surface area contributed by atoms with Crippen LogP contribution >= 0.6 is 0 Å². The van der Waals surface area contributed by atoms with Crippen LogP contribution in [0, 0.1) is 0 Å². The largest absolute Gasteiger partial charge is 0.289 e. The second-order valence-electron chi connectivity index (χ2n) is 5.80. The highest BCUT2D eigenvalue weighted by atomic mass is 16.1. The summed E-state index contributed by atoms with van der Waals surface area (Å²) in [5.41, 5.74) is 2.91. The summed E-state index contributed by atoms with van der Waals surface area (Å²) in [7, 11) is 0. The SMILES string of the molecule is O=C(C=Cc1ccccc1)c1cccc(C(=O)C=Cc2ccccc2)c1. The van der Waals surface area contributed by atoms with E-state index in [2.05, 4.69) is 0 Å². The Morgan fingerprint density at radius 1 is 0.538 bits per heavy atom. The maximum absolute atomic E-state index is 12.4. The number of allylic oxidation sites excluding steroid dienone is 2. The lowest BCUT2D eigenvalue weighted by molar-refractivity contribution is 0.104. The average molecular weight is 338 g/mol. The Morgan fingerprint density at radius 3 is 1.38 bits per heavy atom. The average Bonchev–Trinajstić information content (AvgIpc) is 2.72. The Kier molecular flexibility index (Phi) is 5.69. The van der Waals surface area contributed by atoms with Crippen LogP contribution < -0.4 is 0 Å². The summed E-state index contributed by atoms with van der Waals surface area (Å²) in [5.74, 6) is -0.258. The molecular formula is C24H18O2. The third-order valence-corrected chi connectivity index (χ3v) is 3.89. The van der Waals surface area contributed by atoms with Gasteiger partial charge in [-0.1, -0.05) is 91.0 Å². The molecule has 0 aliphatic rings. The molecule has 0 fully saturated rings. The predicted molar refractivity (Wildman–Crippen MR) is 106 cm³/mol. The molecule has 0 amide bonds. The van der Waals surface area contributed by atoms with E-state index in [1.807, 2.05) is 60.7 Å². The molecule has 0 atom stereocenters. The number of hydrogen-bond acceptors (Lipinski definition) is 2. The van der Waals surface area contributed by atoms with Gasteiger partial charge in [-0.05, 0) is 29.3 Å². The second kappa shape index (κ2) is 8.54. The van der Waals surface area contributed by atoms with Crippen LogP contribution in [0.1, 0.15) is 31.8 Å². The van der Waals surface area contributed by atoms with Crippen molar-refractivity contribution in [2.45, 2.75) is 0 Å². The van der Waals surface area contributed by atoms with Gasteiger partial charge in [0.15, 0.2) is 11.6 Å². The van der Waals surface area contributed by atoms with E-state index >= 15 is 0 Å². The van der Waals surface area contributed by atoms with Crippen LogP contribution in [0.25, 0.3) is 12.2 Å². The van der Waals surface area contributed by atoms with Gasteiger partial charge in [-0.3, -0.25) is 9.59 Å². The molecule has 0 bridgehead atoms. The van der Waals surface area contributed by atoms with Crippen LogP contribution in [0.15, 0.2) is 97.1 Å². The number of hydrogen-bond donors (Lipinski definition) is 0. The van der Waals surface area contributed by atoms with Crippen LogP contribution in [0.5, 0.6) is 0 Å². The fourth-order valence-corrected chi connectivity index (χ4v) is 2.49. The van der Waals surface area contributed by atoms with Gasteiger partial charge in [0, 0.05) is 11.1 Å². The molecule has 3 aromatic carbocycles. The van der Waals surface area contributed by atoms with Crippen molar-refractivity contribution in [3.05, 3.63) is 119 Å². The van der Waals surface area contributed by atoms with Crippen LogP contribution in [-0.2, 0) is 0 Å². The molecule has 126 valence electrons. The van der Waals surface area contributed by atoms with Gasteiger partial charge in [-0.2, -0.15) is 0 Å². The standard InChI is InChI=1S/C24H18O2/c25-23(16-14-19-8-3-1-4-9-19)21-12-7-13-22(18-21)24(26)17-15-20-10-5-2-6-11-20/h1-18H. The number of ketones is 2. The fraction of sp³-hybridized carbons (Fsp3) is 0. The maximum atomic E-state index is 12.4. The van der Waals surface area contributed by atoms with Gasteiger partial charge in [0.2, 0.25) is 0 Å². The normalized spacial score (nSPS) is 11.1. The molecule has 0 N–H and O–H groups in total. The lowest BCUT2D eigenvalue weighted by Crippen LogP contribution is -1.99. The molecule has 0 saturated carbocycles. The van der Waals surface area contributed by atoms with E-state index in [1.165, 1.54) is 12.2 Å². The highest BCUT2D eigenvalue weighted by Crippen LogP contribution is 2.11. The molecule has 2 nitrogen and oxygen atoms in total. The van der Waals surface area contributed by atoms with Gasteiger partial charge in [0.1, 0.15) is 0 Å². The van der Waals surface area contributed by atoms with Gasteiger partial charge in [0.05, 0.1) is 0 Å². The van der Waals surface area contributed by atoms with Crippen molar-refractivity contribution in [3.8, 4) is 0 Å². The number of carbonyl (C=O) groups excluding carboxylic acids is 2. The first-order chi connectivity index (χ1) is 12.7. The number of rotatable bonds is 6. The van der Waals surface area contributed by atoms with Crippen molar-refractivity contribution in [1.29, 1.82) is 0 Å². The topological polar surface area (TPSA) is 34.1 Å². The summed E-state index contributed by atoms with van der Waals surface area (Å²) >= 11 is 0. The van der Waals surface area contributed by atoms with Crippen molar-refractivity contribution < 1.29 is 9.59 Å². The minimum Gasteiger partial charge on any atom is -0.289 e. The van der Waals surface area contributed by atoms with E-state index in [9.17, 15) is 9.59 Å². The highest BCUT2D eigenvalue weighted by molar-refractivity contribution is 6.11. The molecule has 0 aromatic heterocycles. The van der Waals surface area contributed by atoms with E-state index < -0.39 is 0 Å². The van der Waals surface area contributed by atoms with Crippen molar-refractivity contribution in [2.75, 3.05) is 0 Å². The third kappa shape index (κ3) is 4.74. The summed E-state index contributed by atoms with van der Waals surface area (Å²) in [6.07, 6.45) is 6.59. The lowest BCUT2D eigenvalue weighted by Gasteiger charge is -2.00. The summed E-state index contributed by atoms with van der Waals surface area (Å²) in [4.78, 5) is 24.7. The van der Waals surface area contributed by atoms with E-state index in [4.69, 9.17) is 0 Å². The van der Waals surface area contributed by atoms with Crippen molar-refractivity contribution in [3.63, 3.8) is 0 Å². The molecular weight excluding hydrogens is 320 g/mol. The van der Waals surface area contributed by atoms with E-state index in [0.717, 1.165) is 11.1 Å². The smallest absolute Gasteiger partial charge is 0.185 e. The summed E-state index contributed by atoms with van der Waals surface area (Å²) < 4.78 is 0. The molecule has 0 radical (unpaired) electrons. The molecule has 0 spiro atoms. The van der Waals surface area contributed by atoms with Crippen LogP contribution in [0.4, 0.5) is 0 Å². The molecule has 3 aromatic rings. The van der Waals surface area contributed by atoms with Gasteiger partial charge < -0.3 is 0 Å². The van der Waals surface area contributed by atoms with Gasteiger partial charge in [-0.15, -0.1) is 0 Å². The Bertz CT molecular complexity index is 875. The van der Waals surface area contributed by atoms with Gasteiger partial charge in [-0.25, -0.2) is 0 Å². The zero-order valence-electron chi connectivity index (χ0n) is 14.2. The minimum atomic E-state index is -0.129. The predicted octanol–water partition coefficient (Wildman–Crippen LogP) is 5.48.